The van der Waals surface area contributed by atoms with Crippen LogP contribution in [0.15, 0.2) is 122 Å². The standard InChI is InChI=1S/C34H23F6NO/c1-21(42-32-8-3-2-7-31(32)41)26-5-4-6-27(17-26)24-13-9-22(10-14-24)23-11-15-25(16-12-23)28-18-29(33(35,36)37)20-30(19-28)34(38,39)40/h2-20H,1,41H2. The Labute approximate surface area is 238 Å². The van der Waals surface area contributed by atoms with Gasteiger partial charge in [-0.25, -0.2) is 0 Å². The fraction of sp³-hybridized carbons (Fsp3) is 0.0588. The zero-order valence-corrected chi connectivity index (χ0v) is 21.9. The first-order valence-corrected chi connectivity index (χ1v) is 12.7. The molecule has 0 fully saturated rings. The highest BCUT2D eigenvalue weighted by Crippen LogP contribution is 2.39. The monoisotopic (exact) mass is 575 g/mol. The molecule has 5 rings (SSSR count). The number of halogens is 6. The van der Waals surface area contributed by atoms with Crippen molar-refractivity contribution >= 4 is 11.4 Å². The van der Waals surface area contributed by atoms with E-state index < -0.39 is 23.5 Å². The van der Waals surface area contributed by atoms with E-state index in [2.05, 4.69) is 6.58 Å². The van der Waals surface area contributed by atoms with Gasteiger partial charge >= 0.3 is 12.4 Å². The smallest absolute Gasteiger partial charge is 0.416 e. The van der Waals surface area contributed by atoms with Crippen molar-refractivity contribution in [2.75, 3.05) is 5.73 Å². The van der Waals surface area contributed by atoms with E-state index in [0.29, 0.717) is 17.2 Å². The van der Waals surface area contributed by atoms with Gasteiger partial charge in [0, 0.05) is 5.56 Å². The van der Waals surface area contributed by atoms with Crippen LogP contribution < -0.4 is 10.5 Å². The fourth-order valence-corrected chi connectivity index (χ4v) is 4.47. The lowest BCUT2D eigenvalue weighted by Crippen LogP contribution is -2.11. The Kier molecular flexibility index (Phi) is 7.56. The van der Waals surface area contributed by atoms with Gasteiger partial charge in [-0.3, -0.25) is 0 Å². The van der Waals surface area contributed by atoms with E-state index in [1.807, 2.05) is 60.7 Å². The van der Waals surface area contributed by atoms with E-state index in [1.54, 1.807) is 24.3 Å². The summed E-state index contributed by atoms with van der Waals surface area (Å²) in [5, 5.41) is 0. The van der Waals surface area contributed by atoms with E-state index >= 15 is 0 Å². The highest BCUT2D eigenvalue weighted by atomic mass is 19.4. The van der Waals surface area contributed by atoms with Crippen LogP contribution in [0.3, 0.4) is 0 Å². The van der Waals surface area contributed by atoms with Gasteiger partial charge in [-0.05, 0) is 69.8 Å². The molecule has 212 valence electrons. The molecule has 0 atom stereocenters. The van der Waals surface area contributed by atoms with Gasteiger partial charge < -0.3 is 10.5 Å². The number of para-hydroxylation sites is 2. The van der Waals surface area contributed by atoms with Gasteiger partial charge in [0.05, 0.1) is 16.8 Å². The maximum Gasteiger partial charge on any atom is 0.416 e. The molecular weight excluding hydrogens is 552 g/mol. The molecule has 0 aliphatic rings. The fourth-order valence-electron chi connectivity index (χ4n) is 4.47. The maximum absolute atomic E-state index is 13.3. The first kappa shape index (κ1) is 28.5. The summed E-state index contributed by atoms with van der Waals surface area (Å²) in [6, 6.07) is 30.3. The van der Waals surface area contributed by atoms with E-state index in [1.165, 1.54) is 12.1 Å². The van der Waals surface area contributed by atoms with Crippen LogP contribution in [0.5, 0.6) is 5.75 Å². The quantitative estimate of drug-likeness (QED) is 0.124. The third-order valence-corrected chi connectivity index (χ3v) is 6.69. The number of nitrogen functional groups attached to an aromatic ring is 1. The van der Waals surface area contributed by atoms with E-state index in [-0.39, 0.29) is 17.2 Å². The number of hydrogen-bond acceptors (Lipinski definition) is 2. The molecule has 5 aromatic carbocycles. The SMILES string of the molecule is C=C(Oc1ccccc1N)c1cccc(-c2ccc(-c3ccc(-c4cc(C(F)(F)F)cc(C(F)(F)F)c4)cc3)cc2)c1. The Balaban J connectivity index is 1.36. The summed E-state index contributed by atoms with van der Waals surface area (Å²) in [5.41, 5.74) is 8.03. The summed E-state index contributed by atoms with van der Waals surface area (Å²) in [4.78, 5) is 0. The molecule has 0 bridgehead atoms. The molecule has 2 N–H and O–H groups in total. The minimum atomic E-state index is -4.91. The molecular formula is C34H23F6NO. The second kappa shape index (κ2) is 11.1. The van der Waals surface area contributed by atoms with E-state index in [0.717, 1.165) is 39.9 Å². The number of hydrogen-bond donors (Lipinski definition) is 1. The molecule has 0 spiro atoms. The maximum atomic E-state index is 13.3. The highest BCUT2D eigenvalue weighted by Gasteiger charge is 2.37. The molecule has 0 saturated carbocycles. The summed E-state index contributed by atoms with van der Waals surface area (Å²) in [6.45, 7) is 4.02. The molecule has 0 saturated heterocycles. The second-order valence-corrected chi connectivity index (χ2v) is 9.59. The largest absolute Gasteiger partial charge is 0.455 e. The summed E-state index contributed by atoms with van der Waals surface area (Å²) in [5.74, 6) is 0.951. The number of anilines is 1. The molecule has 2 nitrogen and oxygen atoms in total. The predicted octanol–water partition coefficient (Wildman–Crippen LogP) is 10.4. The normalized spacial score (nSPS) is 11.8. The molecule has 0 radical (unpaired) electrons. The lowest BCUT2D eigenvalue weighted by atomic mass is 9.96. The molecule has 0 amide bonds. The van der Waals surface area contributed by atoms with Crippen molar-refractivity contribution in [3.8, 4) is 39.1 Å². The average molecular weight is 576 g/mol. The Bertz CT molecular complexity index is 1700. The Morgan fingerprint density at radius 3 is 1.50 bits per heavy atom. The van der Waals surface area contributed by atoms with Crippen molar-refractivity contribution in [1.82, 2.24) is 0 Å². The Hall–Kier alpha value is -4.98. The minimum absolute atomic E-state index is 0.122. The van der Waals surface area contributed by atoms with Crippen LogP contribution in [0.2, 0.25) is 0 Å². The van der Waals surface area contributed by atoms with Gasteiger partial charge in [0.1, 0.15) is 11.5 Å². The first-order chi connectivity index (χ1) is 19.9. The summed E-state index contributed by atoms with van der Waals surface area (Å²) < 4.78 is 85.5. The van der Waals surface area contributed by atoms with Crippen LogP contribution in [-0.2, 0) is 12.4 Å². The lowest BCUT2D eigenvalue weighted by molar-refractivity contribution is -0.143. The Morgan fingerprint density at radius 2 is 1.00 bits per heavy atom. The van der Waals surface area contributed by atoms with Crippen molar-refractivity contribution in [2.45, 2.75) is 12.4 Å². The van der Waals surface area contributed by atoms with Gasteiger partial charge in [-0.2, -0.15) is 26.3 Å². The van der Waals surface area contributed by atoms with Gasteiger partial charge in [0.15, 0.2) is 0 Å². The number of benzene rings is 5. The Morgan fingerprint density at radius 1 is 0.524 bits per heavy atom. The van der Waals surface area contributed by atoms with Gasteiger partial charge in [-0.1, -0.05) is 85.4 Å². The van der Waals surface area contributed by atoms with Gasteiger partial charge in [0.25, 0.3) is 0 Å². The van der Waals surface area contributed by atoms with E-state index in [9.17, 15) is 26.3 Å². The van der Waals surface area contributed by atoms with Crippen LogP contribution in [0.1, 0.15) is 16.7 Å². The topological polar surface area (TPSA) is 35.2 Å². The van der Waals surface area contributed by atoms with Crippen LogP contribution in [-0.4, -0.2) is 0 Å². The van der Waals surface area contributed by atoms with Crippen LogP contribution in [0.25, 0.3) is 39.1 Å². The molecule has 42 heavy (non-hydrogen) atoms. The second-order valence-electron chi connectivity index (χ2n) is 9.59. The zero-order valence-electron chi connectivity index (χ0n) is 21.9. The molecule has 0 aliphatic heterocycles. The number of alkyl halides is 6. The van der Waals surface area contributed by atoms with Crippen molar-refractivity contribution in [1.29, 1.82) is 0 Å². The van der Waals surface area contributed by atoms with Crippen molar-refractivity contribution in [3.63, 3.8) is 0 Å². The zero-order chi connectivity index (χ0) is 30.1. The van der Waals surface area contributed by atoms with Gasteiger partial charge in [-0.15, -0.1) is 0 Å². The van der Waals surface area contributed by atoms with E-state index in [4.69, 9.17) is 10.5 Å². The molecule has 0 heterocycles. The van der Waals surface area contributed by atoms with Crippen molar-refractivity contribution in [2.24, 2.45) is 0 Å². The van der Waals surface area contributed by atoms with Crippen LogP contribution >= 0.6 is 0 Å². The summed E-state index contributed by atoms with van der Waals surface area (Å²) in [7, 11) is 0. The average Bonchev–Trinajstić information content (AvgIpc) is 2.97. The third-order valence-electron chi connectivity index (χ3n) is 6.69. The van der Waals surface area contributed by atoms with Crippen molar-refractivity contribution < 1.29 is 31.1 Å². The number of nitrogens with two attached hydrogens (primary N) is 1. The lowest BCUT2D eigenvalue weighted by Gasteiger charge is -2.14. The third kappa shape index (κ3) is 6.33. The molecule has 8 heteroatoms. The molecule has 0 aromatic heterocycles. The highest BCUT2D eigenvalue weighted by molar-refractivity contribution is 5.75. The molecule has 0 aliphatic carbocycles. The number of rotatable bonds is 6. The molecule has 5 aromatic rings. The summed E-state index contributed by atoms with van der Waals surface area (Å²) in [6.07, 6.45) is -9.82. The summed E-state index contributed by atoms with van der Waals surface area (Å²) >= 11 is 0. The predicted molar refractivity (Wildman–Crippen MR) is 153 cm³/mol. The van der Waals surface area contributed by atoms with Gasteiger partial charge in [0.2, 0.25) is 0 Å². The van der Waals surface area contributed by atoms with Crippen LogP contribution in [0, 0.1) is 0 Å². The van der Waals surface area contributed by atoms with Crippen LogP contribution in [0.4, 0.5) is 32.0 Å². The number of ether oxygens (including phenoxy) is 1. The first-order valence-electron chi connectivity index (χ1n) is 12.7. The minimum Gasteiger partial charge on any atom is -0.455 e. The van der Waals surface area contributed by atoms with Crippen molar-refractivity contribution in [3.05, 3.63) is 139 Å². The molecule has 0 unspecified atom stereocenters.